The summed E-state index contributed by atoms with van der Waals surface area (Å²) in [5.41, 5.74) is 1.29. The number of carbonyl (C=O) groups is 2. The number of benzene rings is 2. The highest BCUT2D eigenvalue weighted by atomic mass is 32.2. The summed E-state index contributed by atoms with van der Waals surface area (Å²) in [6.45, 7) is 1.38. The number of thioether (sulfide) groups is 1. The molecule has 2 aromatic carbocycles. The second-order valence-electron chi connectivity index (χ2n) is 4.65. The van der Waals surface area contributed by atoms with E-state index in [0.717, 1.165) is 10.6 Å². The highest BCUT2D eigenvalue weighted by Crippen LogP contribution is 2.19. The topological polar surface area (TPSA) is 55.4 Å². The average Bonchev–Trinajstić information content (AvgIpc) is 2.53. The van der Waals surface area contributed by atoms with Crippen LogP contribution in [0.25, 0.3) is 0 Å². The lowest BCUT2D eigenvalue weighted by atomic mass is 10.1. The summed E-state index contributed by atoms with van der Waals surface area (Å²) >= 11 is 1.61. The minimum atomic E-state index is -0.244. The highest BCUT2D eigenvalue weighted by molar-refractivity contribution is 7.98. The molecule has 0 spiro atoms. The van der Waals surface area contributed by atoms with Gasteiger partial charge in [-0.25, -0.2) is 0 Å². The van der Waals surface area contributed by atoms with Crippen molar-refractivity contribution in [2.24, 2.45) is 0 Å². The third-order valence-corrected chi connectivity index (χ3v) is 3.69. The largest absolute Gasteiger partial charge is 0.484 e. The first-order valence-corrected chi connectivity index (χ1v) is 7.98. The van der Waals surface area contributed by atoms with E-state index in [2.05, 4.69) is 5.32 Å². The number of amides is 1. The molecule has 0 atom stereocenters. The van der Waals surface area contributed by atoms with Crippen molar-refractivity contribution in [3.05, 3.63) is 54.1 Å². The van der Waals surface area contributed by atoms with E-state index in [1.165, 1.54) is 6.92 Å². The molecule has 0 aliphatic heterocycles. The third kappa shape index (κ3) is 4.63. The number of anilines is 1. The van der Waals surface area contributed by atoms with Crippen molar-refractivity contribution < 1.29 is 14.3 Å². The SMILES string of the molecule is CSc1cccc(NC(=O)COc2cccc(C(C)=O)c2)c1. The van der Waals surface area contributed by atoms with Gasteiger partial charge in [0.1, 0.15) is 5.75 Å². The second-order valence-corrected chi connectivity index (χ2v) is 5.53. The molecule has 2 rings (SSSR count). The normalized spacial score (nSPS) is 10.1. The Morgan fingerprint density at radius 2 is 1.91 bits per heavy atom. The van der Waals surface area contributed by atoms with Crippen molar-refractivity contribution in [3.63, 3.8) is 0 Å². The van der Waals surface area contributed by atoms with Crippen molar-refractivity contribution >= 4 is 29.1 Å². The van der Waals surface area contributed by atoms with Gasteiger partial charge in [-0.05, 0) is 43.5 Å². The molecule has 0 aromatic heterocycles. The molecule has 0 saturated heterocycles. The molecule has 4 nitrogen and oxygen atoms in total. The van der Waals surface area contributed by atoms with Crippen molar-refractivity contribution in [1.29, 1.82) is 0 Å². The average molecular weight is 315 g/mol. The van der Waals surface area contributed by atoms with Gasteiger partial charge in [0, 0.05) is 16.1 Å². The molecule has 0 unspecified atom stereocenters. The van der Waals surface area contributed by atoms with Crippen molar-refractivity contribution in [2.75, 3.05) is 18.2 Å². The summed E-state index contributed by atoms with van der Waals surface area (Å²) in [5.74, 6) is 0.218. The van der Waals surface area contributed by atoms with Gasteiger partial charge in [-0.2, -0.15) is 0 Å². The lowest BCUT2D eigenvalue weighted by Crippen LogP contribution is -2.20. The van der Waals surface area contributed by atoms with Crippen LogP contribution >= 0.6 is 11.8 Å². The molecule has 22 heavy (non-hydrogen) atoms. The summed E-state index contributed by atoms with van der Waals surface area (Å²) in [7, 11) is 0. The van der Waals surface area contributed by atoms with Gasteiger partial charge in [0.05, 0.1) is 0 Å². The summed E-state index contributed by atoms with van der Waals surface area (Å²) < 4.78 is 5.42. The Bertz CT molecular complexity index is 685. The Hall–Kier alpha value is -2.27. The van der Waals surface area contributed by atoms with E-state index >= 15 is 0 Å². The fourth-order valence-corrected chi connectivity index (χ4v) is 2.31. The molecular weight excluding hydrogens is 298 g/mol. The first-order valence-electron chi connectivity index (χ1n) is 6.76. The Balaban J connectivity index is 1.92. The first-order chi connectivity index (χ1) is 10.6. The molecular formula is C17H17NO3S. The molecule has 0 saturated carbocycles. The predicted octanol–water partition coefficient (Wildman–Crippen LogP) is 3.63. The van der Waals surface area contributed by atoms with Crippen LogP contribution in [0.2, 0.25) is 0 Å². The summed E-state index contributed by atoms with van der Waals surface area (Å²) in [4.78, 5) is 24.3. The van der Waals surface area contributed by atoms with Crippen LogP contribution in [-0.2, 0) is 4.79 Å². The Morgan fingerprint density at radius 3 is 2.64 bits per heavy atom. The summed E-state index contributed by atoms with van der Waals surface area (Å²) in [5, 5.41) is 2.78. The number of rotatable bonds is 6. The number of carbonyl (C=O) groups excluding carboxylic acids is 2. The van der Waals surface area contributed by atoms with E-state index in [1.54, 1.807) is 36.0 Å². The minimum Gasteiger partial charge on any atom is -0.484 e. The van der Waals surface area contributed by atoms with Gasteiger partial charge in [-0.15, -0.1) is 11.8 Å². The number of ether oxygens (including phenoxy) is 1. The van der Waals surface area contributed by atoms with Crippen LogP contribution in [0.5, 0.6) is 5.75 Å². The van der Waals surface area contributed by atoms with Gasteiger partial charge in [0.2, 0.25) is 0 Å². The number of Topliss-reactive ketones (excluding diaryl/α,β-unsaturated/α-hetero) is 1. The Morgan fingerprint density at radius 1 is 1.14 bits per heavy atom. The van der Waals surface area contributed by atoms with Crippen LogP contribution in [0.4, 0.5) is 5.69 Å². The zero-order valence-electron chi connectivity index (χ0n) is 12.5. The molecule has 114 valence electrons. The highest BCUT2D eigenvalue weighted by Gasteiger charge is 2.06. The fraction of sp³-hybridized carbons (Fsp3) is 0.176. The number of hydrogen-bond acceptors (Lipinski definition) is 4. The maximum Gasteiger partial charge on any atom is 0.262 e. The first kappa shape index (κ1) is 16.1. The van der Waals surface area contributed by atoms with Crippen LogP contribution in [0.15, 0.2) is 53.4 Å². The summed E-state index contributed by atoms with van der Waals surface area (Å²) in [6.07, 6.45) is 1.98. The van der Waals surface area contributed by atoms with E-state index in [4.69, 9.17) is 4.74 Å². The fourth-order valence-electron chi connectivity index (χ4n) is 1.85. The van der Waals surface area contributed by atoms with Gasteiger partial charge in [0.25, 0.3) is 5.91 Å². The van der Waals surface area contributed by atoms with Gasteiger partial charge >= 0.3 is 0 Å². The number of hydrogen-bond donors (Lipinski definition) is 1. The predicted molar refractivity (Wildman–Crippen MR) is 88.8 cm³/mol. The van der Waals surface area contributed by atoms with Crippen LogP contribution < -0.4 is 10.1 Å². The van der Waals surface area contributed by atoms with E-state index in [1.807, 2.05) is 30.5 Å². The molecule has 0 bridgehead atoms. The van der Waals surface area contributed by atoms with Crippen molar-refractivity contribution in [2.45, 2.75) is 11.8 Å². The zero-order valence-corrected chi connectivity index (χ0v) is 13.3. The molecule has 0 aliphatic carbocycles. The van der Waals surface area contributed by atoms with Gasteiger partial charge < -0.3 is 10.1 Å². The van der Waals surface area contributed by atoms with Crippen molar-refractivity contribution in [3.8, 4) is 5.75 Å². The maximum atomic E-state index is 11.9. The quantitative estimate of drug-likeness (QED) is 0.653. The molecule has 1 N–H and O–H groups in total. The van der Waals surface area contributed by atoms with E-state index in [0.29, 0.717) is 11.3 Å². The maximum absolute atomic E-state index is 11.9. The van der Waals surface area contributed by atoms with Crippen molar-refractivity contribution in [1.82, 2.24) is 0 Å². The molecule has 0 radical (unpaired) electrons. The smallest absolute Gasteiger partial charge is 0.262 e. The monoisotopic (exact) mass is 315 g/mol. The van der Waals surface area contributed by atoms with Crippen LogP contribution in [0.1, 0.15) is 17.3 Å². The molecule has 0 heterocycles. The molecule has 2 aromatic rings. The lowest BCUT2D eigenvalue weighted by molar-refractivity contribution is -0.118. The number of nitrogens with one attached hydrogen (secondary N) is 1. The Labute approximate surface area is 133 Å². The minimum absolute atomic E-state index is 0.0382. The lowest BCUT2D eigenvalue weighted by Gasteiger charge is -2.09. The van der Waals surface area contributed by atoms with Gasteiger partial charge in [0.15, 0.2) is 12.4 Å². The van der Waals surface area contributed by atoms with Gasteiger partial charge in [-0.1, -0.05) is 18.2 Å². The van der Waals surface area contributed by atoms with E-state index < -0.39 is 0 Å². The molecule has 5 heteroatoms. The molecule has 0 fully saturated rings. The van der Waals surface area contributed by atoms with Crippen LogP contribution in [0, 0.1) is 0 Å². The second kappa shape index (κ2) is 7.66. The molecule has 0 aliphatic rings. The Kier molecular flexibility index (Phi) is 5.61. The number of ketones is 1. The molecule has 1 amide bonds. The zero-order chi connectivity index (χ0) is 15.9. The summed E-state index contributed by atoms with van der Waals surface area (Å²) in [6, 6.07) is 14.4. The van der Waals surface area contributed by atoms with E-state index in [9.17, 15) is 9.59 Å². The van der Waals surface area contributed by atoms with E-state index in [-0.39, 0.29) is 18.3 Å². The van der Waals surface area contributed by atoms with Gasteiger partial charge in [-0.3, -0.25) is 9.59 Å². The van der Waals surface area contributed by atoms with Crippen LogP contribution in [0.3, 0.4) is 0 Å². The standard InChI is InChI=1S/C17H17NO3S/c1-12(19)13-5-3-7-15(9-13)21-11-17(20)18-14-6-4-8-16(10-14)22-2/h3-10H,11H2,1-2H3,(H,18,20). The van der Waals surface area contributed by atoms with Crippen LogP contribution in [-0.4, -0.2) is 24.6 Å². The third-order valence-electron chi connectivity index (χ3n) is 2.96.